The zero-order valence-electron chi connectivity index (χ0n) is 9.95. The van der Waals surface area contributed by atoms with Crippen molar-refractivity contribution >= 4 is 5.82 Å². The molecule has 1 fully saturated rings. The van der Waals surface area contributed by atoms with Crippen LogP contribution in [-0.2, 0) is 0 Å². The summed E-state index contributed by atoms with van der Waals surface area (Å²) in [5, 5.41) is 13.5. The van der Waals surface area contributed by atoms with Gasteiger partial charge in [0.2, 0.25) is 0 Å². The van der Waals surface area contributed by atoms with Crippen LogP contribution in [0.3, 0.4) is 0 Å². The van der Waals surface area contributed by atoms with Crippen LogP contribution in [0.2, 0.25) is 0 Å². The molecule has 2 rings (SSSR count). The summed E-state index contributed by atoms with van der Waals surface area (Å²) in [4.78, 5) is 3.92. The van der Waals surface area contributed by atoms with Gasteiger partial charge >= 0.3 is 0 Å². The maximum absolute atomic E-state index is 12.7. The van der Waals surface area contributed by atoms with Gasteiger partial charge in [-0.3, -0.25) is 0 Å². The molecule has 2 N–H and O–H groups in total. The second kappa shape index (κ2) is 5.45. The highest BCUT2D eigenvalue weighted by molar-refractivity contribution is 5.34. The third-order valence-electron chi connectivity index (χ3n) is 3.36. The summed E-state index contributed by atoms with van der Waals surface area (Å²) < 4.78 is 12.7. The van der Waals surface area contributed by atoms with E-state index < -0.39 is 5.60 Å². The molecule has 1 aromatic rings. The van der Waals surface area contributed by atoms with Gasteiger partial charge in [-0.25, -0.2) is 9.37 Å². The fourth-order valence-electron chi connectivity index (χ4n) is 2.30. The first-order valence-electron chi connectivity index (χ1n) is 6.26. The quantitative estimate of drug-likeness (QED) is 0.796. The van der Waals surface area contributed by atoms with Gasteiger partial charge in [-0.2, -0.15) is 0 Å². The van der Waals surface area contributed by atoms with Gasteiger partial charge in [0.25, 0.3) is 0 Å². The predicted molar refractivity (Wildman–Crippen MR) is 65.3 cm³/mol. The Labute approximate surface area is 101 Å². The summed E-state index contributed by atoms with van der Waals surface area (Å²) in [7, 11) is 0. The molecule has 1 aromatic heterocycles. The van der Waals surface area contributed by atoms with E-state index in [1.807, 2.05) is 0 Å². The van der Waals surface area contributed by atoms with Crippen LogP contribution < -0.4 is 5.32 Å². The second-order valence-corrected chi connectivity index (χ2v) is 4.85. The molecule has 0 amide bonds. The maximum Gasteiger partial charge on any atom is 0.141 e. The third kappa shape index (κ3) is 3.66. The molecule has 4 heteroatoms. The van der Waals surface area contributed by atoms with Gasteiger partial charge in [-0.1, -0.05) is 25.7 Å². The number of rotatable bonds is 3. The van der Waals surface area contributed by atoms with Crippen molar-refractivity contribution in [1.29, 1.82) is 0 Å². The second-order valence-electron chi connectivity index (χ2n) is 4.85. The zero-order valence-corrected chi connectivity index (χ0v) is 9.95. The first kappa shape index (κ1) is 12.3. The first-order chi connectivity index (χ1) is 8.18. The van der Waals surface area contributed by atoms with E-state index in [0.29, 0.717) is 12.4 Å². The Morgan fingerprint density at radius 2 is 1.94 bits per heavy atom. The largest absolute Gasteiger partial charge is 0.388 e. The molecular formula is C13H19FN2O. The molecule has 3 nitrogen and oxygen atoms in total. The van der Waals surface area contributed by atoms with Crippen LogP contribution in [0.15, 0.2) is 18.3 Å². The molecule has 0 saturated heterocycles. The van der Waals surface area contributed by atoms with Crippen LogP contribution in [0.4, 0.5) is 10.2 Å². The van der Waals surface area contributed by atoms with Crippen molar-refractivity contribution in [1.82, 2.24) is 4.98 Å². The lowest BCUT2D eigenvalue weighted by Gasteiger charge is -2.27. The number of anilines is 1. The minimum Gasteiger partial charge on any atom is -0.388 e. The maximum atomic E-state index is 12.7. The van der Waals surface area contributed by atoms with E-state index in [-0.39, 0.29) is 5.82 Å². The molecule has 0 spiro atoms. The third-order valence-corrected chi connectivity index (χ3v) is 3.36. The van der Waals surface area contributed by atoms with Crippen LogP contribution in [0, 0.1) is 5.82 Å². The molecular weight excluding hydrogens is 219 g/mol. The molecule has 0 aromatic carbocycles. The fraction of sp³-hybridized carbons (Fsp3) is 0.615. The van der Waals surface area contributed by atoms with Crippen molar-refractivity contribution in [2.75, 3.05) is 11.9 Å². The number of hydrogen-bond donors (Lipinski definition) is 2. The standard InChI is InChI=1S/C13H19FN2O/c14-11-5-6-12(15-9-11)16-10-13(17)7-3-1-2-4-8-13/h5-6,9,17H,1-4,7-8,10H2,(H,15,16). The van der Waals surface area contributed by atoms with Crippen molar-refractivity contribution in [3.05, 3.63) is 24.1 Å². The van der Waals surface area contributed by atoms with Crippen LogP contribution in [0.25, 0.3) is 0 Å². The highest BCUT2D eigenvalue weighted by atomic mass is 19.1. The number of halogens is 1. The van der Waals surface area contributed by atoms with Gasteiger partial charge < -0.3 is 10.4 Å². The van der Waals surface area contributed by atoms with E-state index >= 15 is 0 Å². The van der Waals surface area contributed by atoms with E-state index in [4.69, 9.17) is 0 Å². The molecule has 0 aliphatic heterocycles. The molecule has 0 bridgehead atoms. The normalized spacial score (nSPS) is 19.6. The molecule has 1 aliphatic carbocycles. The SMILES string of the molecule is OC1(CNc2ccc(F)cn2)CCCCCC1. The Morgan fingerprint density at radius 3 is 2.53 bits per heavy atom. The zero-order chi connectivity index (χ0) is 12.1. The Hall–Kier alpha value is -1.16. The van der Waals surface area contributed by atoms with Gasteiger partial charge in [0, 0.05) is 6.54 Å². The van der Waals surface area contributed by atoms with Crippen molar-refractivity contribution in [2.45, 2.75) is 44.1 Å². The van der Waals surface area contributed by atoms with E-state index in [1.165, 1.54) is 25.1 Å². The highest BCUT2D eigenvalue weighted by Crippen LogP contribution is 2.27. The molecule has 94 valence electrons. The van der Waals surface area contributed by atoms with Gasteiger partial charge in [-0.15, -0.1) is 0 Å². The number of aromatic nitrogens is 1. The van der Waals surface area contributed by atoms with E-state index in [2.05, 4.69) is 10.3 Å². The Kier molecular flexibility index (Phi) is 3.94. The summed E-state index contributed by atoms with van der Waals surface area (Å²) in [5.41, 5.74) is -0.632. The molecule has 0 radical (unpaired) electrons. The van der Waals surface area contributed by atoms with Gasteiger partial charge in [-0.05, 0) is 25.0 Å². The Balaban J connectivity index is 1.89. The minimum absolute atomic E-state index is 0.344. The summed E-state index contributed by atoms with van der Waals surface area (Å²) in [6, 6.07) is 2.96. The number of nitrogens with zero attached hydrogens (tertiary/aromatic N) is 1. The summed E-state index contributed by atoms with van der Waals surface area (Å²) >= 11 is 0. The molecule has 1 heterocycles. The molecule has 0 unspecified atom stereocenters. The van der Waals surface area contributed by atoms with Crippen molar-refractivity contribution in [3.8, 4) is 0 Å². The van der Waals surface area contributed by atoms with Crippen molar-refractivity contribution in [2.24, 2.45) is 0 Å². The number of hydrogen-bond acceptors (Lipinski definition) is 3. The van der Waals surface area contributed by atoms with E-state index in [9.17, 15) is 9.50 Å². The number of nitrogens with one attached hydrogen (secondary N) is 1. The number of aliphatic hydroxyl groups is 1. The fourth-order valence-corrected chi connectivity index (χ4v) is 2.30. The topological polar surface area (TPSA) is 45.1 Å². The minimum atomic E-state index is -0.632. The summed E-state index contributed by atoms with van der Waals surface area (Å²) in [5.74, 6) is 0.271. The lowest BCUT2D eigenvalue weighted by atomic mass is 9.94. The lowest BCUT2D eigenvalue weighted by Crippen LogP contribution is -2.36. The van der Waals surface area contributed by atoms with Gasteiger partial charge in [0.05, 0.1) is 11.8 Å². The molecule has 1 saturated carbocycles. The molecule has 0 atom stereocenters. The van der Waals surface area contributed by atoms with Crippen LogP contribution in [0.5, 0.6) is 0 Å². The average molecular weight is 238 g/mol. The number of pyridine rings is 1. The molecule has 1 aliphatic rings. The monoisotopic (exact) mass is 238 g/mol. The van der Waals surface area contributed by atoms with Crippen molar-refractivity contribution in [3.63, 3.8) is 0 Å². The Morgan fingerprint density at radius 1 is 1.24 bits per heavy atom. The van der Waals surface area contributed by atoms with Crippen LogP contribution >= 0.6 is 0 Å². The van der Waals surface area contributed by atoms with Gasteiger partial charge in [0.15, 0.2) is 0 Å². The van der Waals surface area contributed by atoms with Crippen LogP contribution in [0.1, 0.15) is 38.5 Å². The molecule has 17 heavy (non-hydrogen) atoms. The van der Waals surface area contributed by atoms with Crippen LogP contribution in [-0.4, -0.2) is 22.2 Å². The summed E-state index contributed by atoms with van der Waals surface area (Å²) in [6.45, 7) is 0.492. The Bertz CT molecular complexity index is 345. The first-order valence-corrected chi connectivity index (χ1v) is 6.26. The lowest BCUT2D eigenvalue weighted by molar-refractivity contribution is 0.0380. The summed E-state index contributed by atoms with van der Waals surface area (Å²) in [6.07, 6.45) is 7.42. The van der Waals surface area contributed by atoms with Gasteiger partial charge in [0.1, 0.15) is 11.6 Å². The van der Waals surface area contributed by atoms with E-state index in [0.717, 1.165) is 25.7 Å². The predicted octanol–water partition coefficient (Wildman–Crippen LogP) is 2.72. The van der Waals surface area contributed by atoms with Crippen molar-refractivity contribution < 1.29 is 9.50 Å². The average Bonchev–Trinajstić information content (AvgIpc) is 2.54. The smallest absolute Gasteiger partial charge is 0.141 e. The highest BCUT2D eigenvalue weighted by Gasteiger charge is 2.27. The van der Waals surface area contributed by atoms with E-state index in [1.54, 1.807) is 6.07 Å².